The van der Waals surface area contributed by atoms with E-state index in [1.54, 1.807) is 0 Å². The Balaban J connectivity index is 2.06. The van der Waals surface area contributed by atoms with Gasteiger partial charge in [0.05, 0.1) is 6.10 Å². The summed E-state index contributed by atoms with van der Waals surface area (Å²) in [5.74, 6) is 0. The van der Waals surface area contributed by atoms with Gasteiger partial charge in [-0.15, -0.1) is 13.2 Å². The Morgan fingerprint density at radius 2 is 1.41 bits per heavy atom. The molecule has 2 heteroatoms. The van der Waals surface area contributed by atoms with Crippen molar-refractivity contribution in [2.45, 2.75) is 6.10 Å². The van der Waals surface area contributed by atoms with E-state index in [0.29, 0.717) is 6.54 Å². The highest BCUT2D eigenvalue weighted by Gasteiger charge is 2.12. The predicted molar refractivity (Wildman–Crippen MR) is 93.7 cm³/mol. The van der Waals surface area contributed by atoms with Gasteiger partial charge in [-0.25, -0.2) is 0 Å². The Hall–Kier alpha value is -2.16. The van der Waals surface area contributed by atoms with Gasteiger partial charge in [0.25, 0.3) is 0 Å². The molecule has 2 aromatic carbocycles. The van der Waals surface area contributed by atoms with Crippen LogP contribution in [0.25, 0.3) is 11.1 Å². The Morgan fingerprint density at radius 3 is 1.95 bits per heavy atom. The lowest BCUT2D eigenvalue weighted by Crippen LogP contribution is -2.29. The van der Waals surface area contributed by atoms with Crippen LogP contribution in [0, 0.1) is 0 Å². The van der Waals surface area contributed by atoms with Gasteiger partial charge in [-0.2, -0.15) is 0 Å². The number of nitrogens with zero attached hydrogens (tertiary/aromatic N) is 1. The zero-order chi connectivity index (χ0) is 15.8. The normalized spacial score (nSPS) is 12.1. The Morgan fingerprint density at radius 1 is 0.864 bits per heavy atom. The number of aliphatic hydroxyl groups is 1. The number of rotatable bonds is 8. The molecule has 2 aromatic rings. The minimum absolute atomic E-state index is 0.510. The average Bonchev–Trinajstić information content (AvgIpc) is 2.56. The summed E-state index contributed by atoms with van der Waals surface area (Å²) < 4.78 is 0. The summed E-state index contributed by atoms with van der Waals surface area (Å²) >= 11 is 0. The largest absolute Gasteiger partial charge is 0.387 e. The van der Waals surface area contributed by atoms with Crippen LogP contribution in [-0.4, -0.2) is 29.6 Å². The molecular formula is C20H23NO. The van der Waals surface area contributed by atoms with Crippen molar-refractivity contribution in [3.8, 4) is 11.1 Å². The number of hydrogen-bond donors (Lipinski definition) is 1. The highest BCUT2D eigenvalue weighted by Crippen LogP contribution is 2.22. The summed E-state index contributed by atoms with van der Waals surface area (Å²) in [6.07, 6.45) is 3.17. The van der Waals surface area contributed by atoms with E-state index in [9.17, 15) is 5.11 Å². The van der Waals surface area contributed by atoms with Gasteiger partial charge in [-0.05, 0) is 16.7 Å². The van der Waals surface area contributed by atoms with Crippen LogP contribution < -0.4 is 0 Å². The third kappa shape index (κ3) is 4.42. The van der Waals surface area contributed by atoms with Gasteiger partial charge in [0.15, 0.2) is 0 Å². The molecule has 0 aromatic heterocycles. The van der Waals surface area contributed by atoms with Crippen LogP contribution in [0.2, 0.25) is 0 Å². The maximum absolute atomic E-state index is 10.4. The summed E-state index contributed by atoms with van der Waals surface area (Å²) in [7, 11) is 0. The third-order valence-corrected chi connectivity index (χ3v) is 3.61. The lowest BCUT2D eigenvalue weighted by Gasteiger charge is -2.22. The molecule has 0 aliphatic carbocycles. The summed E-state index contributed by atoms with van der Waals surface area (Å²) in [4.78, 5) is 2.11. The van der Waals surface area contributed by atoms with Crippen molar-refractivity contribution in [2.24, 2.45) is 0 Å². The van der Waals surface area contributed by atoms with E-state index in [0.717, 1.165) is 24.2 Å². The molecule has 0 bridgehead atoms. The quantitative estimate of drug-likeness (QED) is 0.742. The molecule has 0 saturated carbocycles. The molecule has 1 N–H and O–H groups in total. The van der Waals surface area contributed by atoms with Crippen LogP contribution in [0.1, 0.15) is 11.7 Å². The Bertz CT molecular complexity index is 579. The van der Waals surface area contributed by atoms with Crippen molar-refractivity contribution in [3.63, 3.8) is 0 Å². The second-order valence-electron chi connectivity index (χ2n) is 5.30. The zero-order valence-corrected chi connectivity index (χ0v) is 12.9. The molecule has 0 aliphatic rings. The van der Waals surface area contributed by atoms with Crippen LogP contribution in [0.15, 0.2) is 79.9 Å². The average molecular weight is 293 g/mol. The molecule has 1 unspecified atom stereocenters. The first-order valence-electron chi connectivity index (χ1n) is 7.52. The van der Waals surface area contributed by atoms with Crippen molar-refractivity contribution in [1.82, 2.24) is 4.90 Å². The Kier molecular flexibility index (Phi) is 6.13. The van der Waals surface area contributed by atoms with Gasteiger partial charge >= 0.3 is 0 Å². The van der Waals surface area contributed by atoms with Crippen LogP contribution >= 0.6 is 0 Å². The fraction of sp³-hybridized carbons (Fsp3) is 0.200. The molecule has 0 aliphatic heterocycles. The maximum atomic E-state index is 10.4. The van der Waals surface area contributed by atoms with Gasteiger partial charge in [0.1, 0.15) is 0 Å². The molecule has 0 saturated heterocycles. The summed E-state index contributed by atoms with van der Waals surface area (Å²) in [6, 6.07) is 18.3. The molecular weight excluding hydrogens is 270 g/mol. The van der Waals surface area contributed by atoms with Crippen molar-refractivity contribution in [3.05, 3.63) is 85.5 Å². The molecule has 2 rings (SSSR count). The van der Waals surface area contributed by atoms with Gasteiger partial charge in [-0.3, -0.25) is 4.90 Å². The molecule has 0 amide bonds. The molecule has 22 heavy (non-hydrogen) atoms. The molecule has 0 heterocycles. The maximum Gasteiger partial charge on any atom is 0.0917 e. The standard InChI is InChI=1S/C20H23NO/c1-3-14-21(15-4-2)16-20(22)19-12-10-18(11-13-19)17-8-6-5-7-9-17/h3-13,20,22H,1-2,14-16H2. The van der Waals surface area contributed by atoms with E-state index in [4.69, 9.17) is 0 Å². The SMILES string of the molecule is C=CCN(CC=C)CC(O)c1ccc(-c2ccccc2)cc1. The highest BCUT2D eigenvalue weighted by molar-refractivity contribution is 5.63. The first-order chi connectivity index (χ1) is 10.7. The topological polar surface area (TPSA) is 23.5 Å². The van der Waals surface area contributed by atoms with Crippen molar-refractivity contribution >= 4 is 0 Å². The summed E-state index contributed by atoms with van der Waals surface area (Å²) in [5, 5.41) is 10.4. The lowest BCUT2D eigenvalue weighted by molar-refractivity contribution is 0.125. The van der Waals surface area contributed by atoms with Crippen molar-refractivity contribution in [2.75, 3.05) is 19.6 Å². The predicted octanol–water partition coefficient (Wildman–Crippen LogP) is 4.06. The molecule has 0 fully saturated rings. The smallest absolute Gasteiger partial charge is 0.0917 e. The third-order valence-electron chi connectivity index (χ3n) is 3.61. The van der Waals surface area contributed by atoms with Gasteiger partial charge < -0.3 is 5.11 Å². The molecule has 2 nitrogen and oxygen atoms in total. The van der Waals surface area contributed by atoms with E-state index < -0.39 is 6.10 Å². The van der Waals surface area contributed by atoms with E-state index >= 15 is 0 Å². The fourth-order valence-electron chi connectivity index (χ4n) is 2.47. The first-order valence-corrected chi connectivity index (χ1v) is 7.52. The number of benzene rings is 2. The van der Waals surface area contributed by atoms with Gasteiger partial charge in [0, 0.05) is 19.6 Å². The zero-order valence-electron chi connectivity index (χ0n) is 12.9. The molecule has 114 valence electrons. The summed E-state index contributed by atoms with van der Waals surface area (Å²) in [6.45, 7) is 9.56. The van der Waals surface area contributed by atoms with E-state index in [1.165, 1.54) is 5.56 Å². The minimum atomic E-state index is -0.510. The number of aliphatic hydroxyl groups excluding tert-OH is 1. The van der Waals surface area contributed by atoms with E-state index in [2.05, 4.69) is 42.3 Å². The second kappa shape index (κ2) is 8.32. The van der Waals surface area contributed by atoms with Crippen LogP contribution in [-0.2, 0) is 0 Å². The van der Waals surface area contributed by atoms with Crippen molar-refractivity contribution in [1.29, 1.82) is 0 Å². The molecule has 1 atom stereocenters. The van der Waals surface area contributed by atoms with Crippen molar-refractivity contribution < 1.29 is 5.11 Å². The van der Waals surface area contributed by atoms with Gasteiger partial charge in [0.2, 0.25) is 0 Å². The monoisotopic (exact) mass is 293 g/mol. The molecule has 0 radical (unpaired) electrons. The highest BCUT2D eigenvalue weighted by atomic mass is 16.3. The minimum Gasteiger partial charge on any atom is -0.387 e. The van der Waals surface area contributed by atoms with Crippen LogP contribution in [0.3, 0.4) is 0 Å². The lowest BCUT2D eigenvalue weighted by atomic mass is 10.0. The molecule has 0 spiro atoms. The summed E-state index contributed by atoms with van der Waals surface area (Å²) in [5.41, 5.74) is 3.27. The van der Waals surface area contributed by atoms with Crippen LogP contribution in [0.4, 0.5) is 0 Å². The van der Waals surface area contributed by atoms with E-state index in [1.807, 2.05) is 42.5 Å². The number of hydrogen-bond acceptors (Lipinski definition) is 2. The van der Waals surface area contributed by atoms with E-state index in [-0.39, 0.29) is 0 Å². The van der Waals surface area contributed by atoms with Gasteiger partial charge in [-0.1, -0.05) is 66.7 Å². The first kappa shape index (κ1) is 16.2. The second-order valence-corrected chi connectivity index (χ2v) is 5.30. The van der Waals surface area contributed by atoms with Crippen LogP contribution in [0.5, 0.6) is 0 Å². The fourth-order valence-corrected chi connectivity index (χ4v) is 2.47. The Labute approximate surface area is 133 Å².